The quantitative estimate of drug-likeness (QED) is 0.774. The Morgan fingerprint density at radius 1 is 0.905 bits per heavy atom. The molecule has 1 aliphatic rings. The van der Waals surface area contributed by atoms with Crippen LogP contribution in [0.1, 0.15) is 15.9 Å². The number of aromatic hydroxyl groups is 1. The van der Waals surface area contributed by atoms with Gasteiger partial charge in [0, 0.05) is 10.9 Å². The standard InChI is InChI=1S/C18H13NO2/c20-14-9-7-12(8-10-14)11-19-16-6-2-4-13-3-1-5-15(17(13)16)18(19)21/h1-10,20H,11H2. The maximum atomic E-state index is 12.6. The molecular formula is C18H13NO2. The highest BCUT2D eigenvalue weighted by Crippen LogP contribution is 2.37. The summed E-state index contributed by atoms with van der Waals surface area (Å²) in [4.78, 5) is 14.4. The molecule has 0 spiro atoms. The van der Waals surface area contributed by atoms with Gasteiger partial charge < -0.3 is 10.0 Å². The summed E-state index contributed by atoms with van der Waals surface area (Å²) in [5.41, 5.74) is 2.72. The molecule has 1 amide bonds. The van der Waals surface area contributed by atoms with Crippen molar-refractivity contribution < 1.29 is 9.90 Å². The molecule has 0 unspecified atom stereocenters. The molecule has 1 heterocycles. The van der Waals surface area contributed by atoms with Crippen molar-refractivity contribution in [1.29, 1.82) is 0 Å². The minimum absolute atomic E-state index is 0.0369. The van der Waals surface area contributed by atoms with Gasteiger partial charge in [0.1, 0.15) is 5.75 Å². The minimum atomic E-state index is 0.0369. The molecule has 1 N–H and O–H groups in total. The largest absolute Gasteiger partial charge is 0.508 e. The lowest BCUT2D eigenvalue weighted by Gasteiger charge is -2.17. The van der Waals surface area contributed by atoms with E-state index in [1.165, 1.54) is 0 Å². The zero-order chi connectivity index (χ0) is 14.4. The van der Waals surface area contributed by atoms with Gasteiger partial charge in [-0.3, -0.25) is 4.79 Å². The molecular weight excluding hydrogens is 262 g/mol. The van der Waals surface area contributed by atoms with Crippen LogP contribution in [-0.4, -0.2) is 11.0 Å². The molecule has 1 aliphatic heterocycles. The first-order valence-electron chi connectivity index (χ1n) is 6.85. The molecule has 0 radical (unpaired) electrons. The molecule has 0 saturated carbocycles. The summed E-state index contributed by atoms with van der Waals surface area (Å²) in [6.45, 7) is 0.507. The van der Waals surface area contributed by atoms with Crippen molar-refractivity contribution >= 4 is 22.4 Å². The Hall–Kier alpha value is -2.81. The third kappa shape index (κ3) is 1.78. The van der Waals surface area contributed by atoms with Crippen LogP contribution in [-0.2, 0) is 6.54 Å². The summed E-state index contributed by atoms with van der Waals surface area (Å²) in [6, 6.07) is 18.8. The van der Waals surface area contributed by atoms with Crippen molar-refractivity contribution in [3.63, 3.8) is 0 Å². The topological polar surface area (TPSA) is 40.5 Å². The van der Waals surface area contributed by atoms with Crippen molar-refractivity contribution in [3.8, 4) is 5.75 Å². The van der Waals surface area contributed by atoms with Crippen molar-refractivity contribution in [2.75, 3.05) is 4.90 Å². The fraction of sp³-hybridized carbons (Fsp3) is 0.0556. The molecule has 3 aromatic rings. The first-order chi connectivity index (χ1) is 10.2. The molecule has 0 bridgehead atoms. The number of benzene rings is 3. The second-order valence-corrected chi connectivity index (χ2v) is 5.24. The lowest BCUT2D eigenvalue weighted by molar-refractivity contribution is 0.0991. The number of nitrogens with zero attached hydrogens (tertiary/aromatic N) is 1. The van der Waals surface area contributed by atoms with Crippen molar-refractivity contribution in [2.45, 2.75) is 6.54 Å². The Morgan fingerprint density at radius 3 is 2.38 bits per heavy atom. The van der Waals surface area contributed by atoms with Gasteiger partial charge in [0.05, 0.1) is 12.2 Å². The molecule has 3 nitrogen and oxygen atoms in total. The predicted molar refractivity (Wildman–Crippen MR) is 82.6 cm³/mol. The van der Waals surface area contributed by atoms with Gasteiger partial charge >= 0.3 is 0 Å². The highest BCUT2D eigenvalue weighted by Gasteiger charge is 2.29. The summed E-state index contributed by atoms with van der Waals surface area (Å²) in [7, 11) is 0. The normalized spacial score (nSPS) is 13.1. The number of hydrogen-bond acceptors (Lipinski definition) is 2. The Morgan fingerprint density at radius 2 is 1.62 bits per heavy atom. The number of amides is 1. The molecule has 0 aromatic heterocycles. The van der Waals surface area contributed by atoms with Crippen LogP contribution in [0.4, 0.5) is 5.69 Å². The van der Waals surface area contributed by atoms with Crippen molar-refractivity contribution in [1.82, 2.24) is 0 Å². The van der Waals surface area contributed by atoms with Gasteiger partial charge in [-0.1, -0.05) is 36.4 Å². The Bertz CT molecular complexity index is 847. The molecule has 3 heteroatoms. The maximum absolute atomic E-state index is 12.6. The van der Waals surface area contributed by atoms with Crippen LogP contribution in [0.25, 0.3) is 10.8 Å². The first kappa shape index (κ1) is 12.0. The number of phenols is 1. The summed E-state index contributed by atoms with van der Waals surface area (Å²) >= 11 is 0. The summed E-state index contributed by atoms with van der Waals surface area (Å²) in [6.07, 6.45) is 0. The van der Waals surface area contributed by atoms with Gasteiger partial charge in [-0.15, -0.1) is 0 Å². The fourth-order valence-electron chi connectivity index (χ4n) is 2.92. The van der Waals surface area contributed by atoms with Crippen molar-refractivity contribution in [3.05, 3.63) is 71.8 Å². The van der Waals surface area contributed by atoms with Crippen LogP contribution in [0.15, 0.2) is 60.7 Å². The molecule has 102 valence electrons. The molecule has 0 saturated heterocycles. The number of anilines is 1. The highest BCUT2D eigenvalue weighted by atomic mass is 16.3. The van der Waals surface area contributed by atoms with Crippen LogP contribution >= 0.6 is 0 Å². The Balaban J connectivity index is 1.80. The summed E-state index contributed by atoms with van der Waals surface area (Å²) in [5.74, 6) is 0.270. The third-order valence-corrected chi connectivity index (χ3v) is 3.93. The second-order valence-electron chi connectivity index (χ2n) is 5.24. The highest BCUT2D eigenvalue weighted by molar-refractivity contribution is 6.24. The number of carbonyl (C=O) groups is 1. The van der Waals surface area contributed by atoms with Gasteiger partial charge in [0.15, 0.2) is 0 Å². The maximum Gasteiger partial charge on any atom is 0.259 e. The minimum Gasteiger partial charge on any atom is -0.508 e. The summed E-state index contributed by atoms with van der Waals surface area (Å²) in [5, 5.41) is 11.5. The SMILES string of the molecule is O=C1c2cccc3cccc(c23)N1Cc1ccc(O)cc1. The van der Waals surface area contributed by atoms with Gasteiger partial charge in [0.2, 0.25) is 0 Å². The number of rotatable bonds is 2. The van der Waals surface area contributed by atoms with Crippen LogP contribution in [0, 0.1) is 0 Å². The van der Waals surface area contributed by atoms with Crippen LogP contribution < -0.4 is 4.90 Å². The number of carbonyl (C=O) groups excluding carboxylic acids is 1. The fourth-order valence-corrected chi connectivity index (χ4v) is 2.92. The number of hydrogen-bond donors (Lipinski definition) is 1. The average Bonchev–Trinajstić information content (AvgIpc) is 2.78. The van der Waals surface area contributed by atoms with Crippen LogP contribution in [0.2, 0.25) is 0 Å². The lowest BCUT2D eigenvalue weighted by Crippen LogP contribution is -2.25. The van der Waals surface area contributed by atoms with E-state index in [2.05, 4.69) is 0 Å². The van der Waals surface area contributed by atoms with E-state index in [4.69, 9.17) is 0 Å². The monoisotopic (exact) mass is 275 g/mol. The molecule has 0 aliphatic carbocycles. The first-order valence-corrected chi connectivity index (χ1v) is 6.85. The zero-order valence-electron chi connectivity index (χ0n) is 11.3. The van der Waals surface area contributed by atoms with E-state index in [0.29, 0.717) is 6.54 Å². The molecule has 3 aromatic carbocycles. The third-order valence-electron chi connectivity index (χ3n) is 3.93. The van der Waals surface area contributed by atoms with Crippen LogP contribution in [0.3, 0.4) is 0 Å². The van der Waals surface area contributed by atoms with Gasteiger partial charge in [0.25, 0.3) is 5.91 Å². The number of phenolic OH excluding ortho intramolecular Hbond substituents is 1. The molecule has 0 fully saturated rings. The molecule has 21 heavy (non-hydrogen) atoms. The van der Waals surface area contributed by atoms with Crippen LogP contribution in [0.5, 0.6) is 5.75 Å². The van der Waals surface area contributed by atoms with E-state index in [1.54, 1.807) is 17.0 Å². The van der Waals surface area contributed by atoms with Crippen molar-refractivity contribution in [2.24, 2.45) is 0 Å². The smallest absolute Gasteiger partial charge is 0.259 e. The molecule has 0 atom stereocenters. The second kappa shape index (κ2) is 4.35. The Kier molecular flexibility index (Phi) is 2.48. The lowest BCUT2D eigenvalue weighted by atomic mass is 10.1. The van der Waals surface area contributed by atoms with Gasteiger partial charge in [-0.2, -0.15) is 0 Å². The predicted octanol–water partition coefficient (Wildman–Crippen LogP) is 3.71. The zero-order valence-corrected chi connectivity index (χ0v) is 11.3. The average molecular weight is 275 g/mol. The van der Waals surface area contributed by atoms with E-state index < -0.39 is 0 Å². The van der Waals surface area contributed by atoms with E-state index in [9.17, 15) is 9.90 Å². The molecule has 4 rings (SSSR count). The Labute approximate surface area is 122 Å². The van der Waals surface area contributed by atoms with E-state index in [-0.39, 0.29) is 11.7 Å². The van der Waals surface area contributed by atoms with E-state index >= 15 is 0 Å². The van der Waals surface area contributed by atoms with E-state index in [0.717, 1.165) is 27.6 Å². The van der Waals surface area contributed by atoms with E-state index in [1.807, 2.05) is 48.5 Å². The van der Waals surface area contributed by atoms with Gasteiger partial charge in [-0.05, 0) is 35.2 Å². The summed E-state index contributed by atoms with van der Waals surface area (Å²) < 4.78 is 0. The van der Waals surface area contributed by atoms with Gasteiger partial charge in [-0.25, -0.2) is 0 Å².